The summed E-state index contributed by atoms with van der Waals surface area (Å²) in [7, 11) is 0. The third-order valence-corrected chi connectivity index (χ3v) is 4.08. The second-order valence-electron chi connectivity index (χ2n) is 5.49. The van der Waals surface area contributed by atoms with Gasteiger partial charge in [0.15, 0.2) is 5.78 Å². The highest BCUT2D eigenvalue weighted by atomic mass is 35.5. The zero-order valence-corrected chi connectivity index (χ0v) is 13.3. The number of fused-ring (bicyclic) bond motifs is 1. The molecule has 0 unspecified atom stereocenters. The molecule has 2 nitrogen and oxygen atoms in total. The van der Waals surface area contributed by atoms with Crippen LogP contribution in [0.5, 0.6) is 0 Å². The van der Waals surface area contributed by atoms with Gasteiger partial charge in [-0.05, 0) is 30.2 Å². The Morgan fingerprint density at radius 2 is 1.82 bits per heavy atom. The number of ketones is 1. The van der Waals surface area contributed by atoms with E-state index in [1.165, 1.54) is 5.56 Å². The molecule has 3 aromatic rings. The number of benzene rings is 2. The molecule has 22 heavy (non-hydrogen) atoms. The number of aromatic nitrogens is 1. The molecule has 112 valence electrons. The Morgan fingerprint density at radius 1 is 1.09 bits per heavy atom. The Bertz CT molecular complexity index is 802. The maximum Gasteiger partial charge on any atom is 0.165 e. The molecule has 0 amide bonds. The Labute approximate surface area is 135 Å². The Hall–Kier alpha value is -2.06. The highest BCUT2D eigenvalue weighted by molar-refractivity contribution is 6.30. The van der Waals surface area contributed by atoms with Crippen LogP contribution < -0.4 is 0 Å². The van der Waals surface area contributed by atoms with Gasteiger partial charge in [-0.2, -0.15) is 0 Å². The normalized spacial score (nSPS) is 11.0. The number of para-hydroxylation sites is 1. The van der Waals surface area contributed by atoms with Gasteiger partial charge in [-0.3, -0.25) is 4.79 Å². The number of carbonyl (C=O) groups excluding carboxylic acids is 1. The molecular weight excluding hydrogens is 294 g/mol. The molecule has 0 saturated carbocycles. The van der Waals surface area contributed by atoms with Gasteiger partial charge >= 0.3 is 0 Å². The molecule has 0 atom stereocenters. The molecule has 0 fully saturated rings. The molecule has 0 spiro atoms. The second kappa shape index (κ2) is 6.37. The lowest BCUT2D eigenvalue weighted by atomic mass is 10.1. The predicted octanol–water partition coefficient (Wildman–Crippen LogP) is 5.33. The zero-order chi connectivity index (χ0) is 15.5. The number of rotatable bonds is 5. The Morgan fingerprint density at radius 3 is 2.55 bits per heavy atom. The molecule has 0 radical (unpaired) electrons. The van der Waals surface area contributed by atoms with Crippen molar-refractivity contribution in [3.8, 4) is 0 Å². The number of hydrogen-bond acceptors (Lipinski definition) is 1. The summed E-state index contributed by atoms with van der Waals surface area (Å²) in [6.07, 6.45) is 3.45. The lowest BCUT2D eigenvalue weighted by Gasteiger charge is -2.05. The zero-order valence-electron chi connectivity index (χ0n) is 12.6. The third kappa shape index (κ3) is 2.93. The fraction of sp³-hybridized carbons (Fsp3) is 0.211. The van der Waals surface area contributed by atoms with Crippen molar-refractivity contribution in [2.45, 2.75) is 26.3 Å². The van der Waals surface area contributed by atoms with Crippen molar-refractivity contribution in [3.63, 3.8) is 0 Å². The summed E-state index contributed by atoms with van der Waals surface area (Å²) in [6.45, 7) is 2.77. The van der Waals surface area contributed by atoms with Crippen LogP contribution in [0.3, 0.4) is 0 Å². The molecule has 0 aliphatic carbocycles. The molecule has 2 aromatic carbocycles. The molecule has 0 bridgehead atoms. The maximum absolute atomic E-state index is 12.3. The minimum Gasteiger partial charge on any atom is -0.342 e. The van der Waals surface area contributed by atoms with Gasteiger partial charge in [0, 0.05) is 40.7 Å². The van der Waals surface area contributed by atoms with Crippen molar-refractivity contribution < 1.29 is 4.79 Å². The van der Waals surface area contributed by atoms with Crippen molar-refractivity contribution in [3.05, 3.63) is 70.9 Å². The van der Waals surface area contributed by atoms with Crippen molar-refractivity contribution >= 4 is 28.3 Å². The summed E-state index contributed by atoms with van der Waals surface area (Å²) in [6, 6.07) is 15.9. The standard InChI is InChI=1S/C19H18ClNO/c1-2-5-19(22)17-13-21(18-7-4-3-6-16(17)18)12-14-8-10-15(20)11-9-14/h3-4,6-11,13H,2,5,12H2,1H3. The summed E-state index contributed by atoms with van der Waals surface area (Å²) in [4.78, 5) is 12.3. The lowest BCUT2D eigenvalue weighted by molar-refractivity contribution is 0.0983. The van der Waals surface area contributed by atoms with Crippen LogP contribution in [0.4, 0.5) is 0 Å². The van der Waals surface area contributed by atoms with Crippen LogP contribution in [-0.4, -0.2) is 10.4 Å². The molecule has 3 heteroatoms. The second-order valence-corrected chi connectivity index (χ2v) is 5.92. The summed E-state index contributed by atoms with van der Waals surface area (Å²) in [5.74, 6) is 0.216. The minimum absolute atomic E-state index is 0.216. The van der Waals surface area contributed by atoms with E-state index in [0.29, 0.717) is 6.42 Å². The molecule has 0 saturated heterocycles. The molecular formula is C19H18ClNO. The Kier molecular flexibility index (Phi) is 4.30. The first kappa shape index (κ1) is 14.9. The topological polar surface area (TPSA) is 22.0 Å². The van der Waals surface area contributed by atoms with Crippen LogP contribution in [0.1, 0.15) is 35.7 Å². The van der Waals surface area contributed by atoms with Crippen molar-refractivity contribution in [2.75, 3.05) is 0 Å². The number of halogens is 1. The number of carbonyl (C=O) groups is 1. The van der Waals surface area contributed by atoms with E-state index in [4.69, 9.17) is 11.6 Å². The highest BCUT2D eigenvalue weighted by Crippen LogP contribution is 2.24. The molecule has 1 aromatic heterocycles. The van der Waals surface area contributed by atoms with Gasteiger partial charge in [0.2, 0.25) is 0 Å². The number of nitrogens with zero attached hydrogens (tertiary/aromatic N) is 1. The van der Waals surface area contributed by atoms with Gasteiger partial charge in [-0.25, -0.2) is 0 Å². The van der Waals surface area contributed by atoms with Gasteiger partial charge < -0.3 is 4.57 Å². The first-order chi connectivity index (χ1) is 10.7. The van der Waals surface area contributed by atoms with Crippen LogP contribution in [0, 0.1) is 0 Å². The SMILES string of the molecule is CCCC(=O)c1cn(Cc2ccc(Cl)cc2)c2ccccc12. The van der Waals surface area contributed by atoms with Crippen LogP contribution >= 0.6 is 11.6 Å². The van der Waals surface area contributed by atoms with Crippen LogP contribution in [0.25, 0.3) is 10.9 Å². The molecule has 1 heterocycles. The molecule has 0 aliphatic heterocycles. The minimum atomic E-state index is 0.216. The fourth-order valence-electron chi connectivity index (χ4n) is 2.75. The first-order valence-corrected chi connectivity index (χ1v) is 7.92. The first-order valence-electron chi connectivity index (χ1n) is 7.54. The monoisotopic (exact) mass is 311 g/mol. The smallest absolute Gasteiger partial charge is 0.165 e. The van der Waals surface area contributed by atoms with E-state index in [-0.39, 0.29) is 5.78 Å². The van der Waals surface area contributed by atoms with Crippen molar-refractivity contribution in [1.82, 2.24) is 4.57 Å². The van der Waals surface area contributed by atoms with Crippen LogP contribution in [0.15, 0.2) is 54.7 Å². The summed E-state index contributed by atoms with van der Waals surface area (Å²) in [5.41, 5.74) is 3.09. The van der Waals surface area contributed by atoms with E-state index in [1.807, 2.05) is 55.6 Å². The highest BCUT2D eigenvalue weighted by Gasteiger charge is 2.14. The molecule has 3 rings (SSSR count). The molecule has 0 N–H and O–H groups in total. The largest absolute Gasteiger partial charge is 0.342 e. The van der Waals surface area contributed by atoms with Gasteiger partial charge in [0.1, 0.15) is 0 Å². The van der Waals surface area contributed by atoms with E-state index in [1.54, 1.807) is 0 Å². The molecule has 0 aliphatic rings. The van der Waals surface area contributed by atoms with E-state index >= 15 is 0 Å². The van der Waals surface area contributed by atoms with Crippen molar-refractivity contribution in [1.29, 1.82) is 0 Å². The quantitative estimate of drug-likeness (QED) is 0.584. The van der Waals surface area contributed by atoms with Gasteiger partial charge in [0.25, 0.3) is 0 Å². The van der Waals surface area contributed by atoms with Gasteiger partial charge in [0.05, 0.1) is 0 Å². The summed E-state index contributed by atoms with van der Waals surface area (Å²) < 4.78 is 2.14. The average molecular weight is 312 g/mol. The van der Waals surface area contributed by atoms with E-state index < -0.39 is 0 Å². The number of hydrogen-bond donors (Lipinski definition) is 0. The predicted molar refractivity (Wildman–Crippen MR) is 91.7 cm³/mol. The summed E-state index contributed by atoms with van der Waals surface area (Å²) >= 11 is 5.94. The summed E-state index contributed by atoms with van der Waals surface area (Å²) in [5, 5.41) is 1.77. The fourth-order valence-corrected chi connectivity index (χ4v) is 2.87. The van der Waals surface area contributed by atoms with Crippen molar-refractivity contribution in [2.24, 2.45) is 0 Å². The lowest BCUT2D eigenvalue weighted by Crippen LogP contribution is -1.99. The average Bonchev–Trinajstić information content (AvgIpc) is 2.89. The van der Waals surface area contributed by atoms with Crippen LogP contribution in [-0.2, 0) is 6.54 Å². The Balaban J connectivity index is 2.02. The van der Waals surface area contributed by atoms with E-state index in [2.05, 4.69) is 10.6 Å². The van der Waals surface area contributed by atoms with Crippen LogP contribution in [0.2, 0.25) is 5.02 Å². The van der Waals surface area contributed by atoms with Gasteiger partial charge in [-0.1, -0.05) is 48.9 Å². The van der Waals surface area contributed by atoms with E-state index in [0.717, 1.165) is 34.5 Å². The number of Topliss-reactive ketones (excluding diaryl/α,β-unsaturated/α-hetero) is 1. The van der Waals surface area contributed by atoms with E-state index in [9.17, 15) is 4.79 Å². The third-order valence-electron chi connectivity index (χ3n) is 3.83. The van der Waals surface area contributed by atoms with Gasteiger partial charge in [-0.15, -0.1) is 0 Å². The maximum atomic E-state index is 12.3.